The molecule has 0 spiro atoms. The van der Waals surface area contributed by atoms with Crippen LogP contribution in [0.1, 0.15) is 46.4 Å². The molecular weight excluding hydrogens is 445 g/mol. The molecule has 0 saturated carbocycles. The van der Waals surface area contributed by atoms with E-state index in [1.54, 1.807) is 12.1 Å². The Morgan fingerprint density at radius 2 is 1.86 bits per heavy atom. The van der Waals surface area contributed by atoms with Gasteiger partial charge in [-0.05, 0) is 30.5 Å². The third-order valence-corrected chi connectivity index (χ3v) is 7.60. The van der Waals surface area contributed by atoms with Crippen molar-refractivity contribution in [3.8, 4) is 5.97 Å². The summed E-state index contributed by atoms with van der Waals surface area (Å²) in [5.74, 6) is 1.62. The number of carbonyl (C=O) groups excluding carboxylic acids is 4. The van der Waals surface area contributed by atoms with E-state index < -0.39 is 23.8 Å². The Kier molecular flexibility index (Phi) is 7.86. The minimum absolute atomic E-state index is 0.0841. The van der Waals surface area contributed by atoms with Gasteiger partial charge in [0.15, 0.2) is 0 Å². The van der Waals surface area contributed by atoms with Gasteiger partial charge in [0.05, 0.1) is 11.1 Å². The fourth-order valence-corrected chi connectivity index (χ4v) is 5.53. The molecule has 35 heavy (non-hydrogen) atoms. The first-order chi connectivity index (χ1) is 17.0. The SMILES string of the molecule is CNC(=O)C(CCC=O)N1C(=O)c2ccc(N3CCN(CC4CCB(C#N)CC4)CC3)cc2C1=O. The van der Waals surface area contributed by atoms with Crippen LogP contribution in [-0.4, -0.2) is 86.3 Å². The molecule has 2 fully saturated rings. The zero-order valence-corrected chi connectivity index (χ0v) is 20.2. The number of carbonyl (C=O) groups is 4. The van der Waals surface area contributed by atoms with Gasteiger partial charge >= 0.3 is 0 Å². The summed E-state index contributed by atoms with van der Waals surface area (Å²) in [7, 11) is 1.45. The molecule has 1 aromatic carbocycles. The van der Waals surface area contributed by atoms with Crippen molar-refractivity contribution in [3.63, 3.8) is 0 Å². The Bertz CT molecular complexity index is 1030. The molecule has 1 aromatic rings. The smallest absolute Gasteiger partial charge is 0.267 e. The Morgan fingerprint density at radius 3 is 2.49 bits per heavy atom. The number of hydrogen-bond acceptors (Lipinski definition) is 7. The van der Waals surface area contributed by atoms with Crippen LogP contribution < -0.4 is 10.2 Å². The van der Waals surface area contributed by atoms with E-state index in [2.05, 4.69) is 21.1 Å². The quantitative estimate of drug-likeness (QED) is 0.343. The van der Waals surface area contributed by atoms with Gasteiger partial charge in [-0.1, -0.05) is 25.5 Å². The number of likely N-dealkylation sites (N-methyl/N-ethyl adjacent to an activating group) is 1. The first-order valence-corrected chi connectivity index (χ1v) is 12.5. The Morgan fingerprint density at radius 1 is 1.17 bits per heavy atom. The van der Waals surface area contributed by atoms with Gasteiger partial charge in [-0.3, -0.25) is 24.2 Å². The number of fused-ring (bicyclic) bond motifs is 1. The number of benzene rings is 1. The number of rotatable bonds is 8. The molecule has 0 aromatic heterocycles. The van der Waals surface area contributed by atoms with E-state index in [0.717, 1.165) is 68.8 Å². The molecule has 3 aliphatic heterocycles. The summed E-state index contributed by atoms with van der Waals surface area (Å²) >= 11 is 0. The lowest BCUT2D eigenvalue weighted by atomic mass is 9.42. The van der Waals surface area contributed by atoms with E-state index in [0.29, 0.717) is 23.3 Å². The minimum Gasteiger partial charge on any atom is -0.369 e. The van der Waals surface area contributed by atoms with Crippen molar-refractivity contribution in [2.75, 3.05) is 44.7 Å². The number of nitrogens with zero attached hydrogens (tertiary/aromatic N) is 4. The molecule has 4 rings (SSSR count). The summed E-state index contributed by atoms with van der Waals surface area (Å²) in [6.45, 7) is 4.82. The van der Waals surface area contributed by atoms with Crippen LogP contribution in [0.15, 0.2) is 18.2 Å². The lowest BCUT2D eigenvalue weighted by Gasteiger charge is -2.38. The normalized spacial score (nSPS) is 19.9. The molecular formula is C25H32BN5O4. The highest BCUT2D eigenvalue weighted by Crippen LogP contribution is 2.31. The summed E-state index contributed by atoms with van der Waals surface area (Å²) in [5.41, 5.74) is 1.50. The molecule has 1 unspecified atom stereocenters. The summed E-state index contributed by atoms with van der Waals surface area (Å²) in [6.07, 6.45) is 5.14. The van der Waals surface area contributed by atoms with Crippen molar-refractivity contribution in [1.82, 2.24) is 15.1 Å². The second-order valence-electron chi connectivity index (χ2n) is 9.72. The first-order valence-electron chi connectivity index (χ1n) is 12.5. The number of aldehydes is 1. The highest BCUT2D eigenvalue weighted by molar-refractivity contribution is 6.67. The van der Waals surface area contributed by atoms with Gasteiger partial charge in [-0.2, -0.15) is 0 Å². The molecule has 1 N–H and O–H groups in total. The third kappa shape index (κ3) is 5.25. The van der Waals surface area contributed by atoms with E-state index in [-0.39, 0.29) is 19.6 Å². The van der Waals surface area contributed by atoms with Crippen molar-refractivity contribution >= 4 is 36.4 Å². The Hall–Kier alpha value is -3.19. The molecule has 2 saturated heterocycles. The zero-order chi connectivity index (χ0) is 24.9. The number of imide groups is 1. The molecule has 3 heterocycles. The summed E-state index contributed by atoms with van der Waals surface area (Å²) in [5, 5.41) is 11.6. The summed E-state index contributed by atoms with van der Waals surface area (Å²) in [6, 6.07) is 4.29. The summed E-state index contributed by atoms with van der Waals surface area (Å²) < 4.78 is 0. The average Bonchev–Trinajstić information content (AvgIpc) is 3.14. The van der Waals surface area contributed by atoms with Crippen molar-refractivity contribution in [1.29, 1.82) is 5.26 Å². The van der Waals surface area contributed by atoms with Crippen molar-refractivity contribution < 1.29 is 19.2 Å². The number of hydrogen-bond donors (Lipinski definition) is 1. The fourth-order valence-electron chi connectivity index (χ4n) is 5.53. The first kappa shape index (κ1) is 24.9. The van der Waals surface area contributed by atoms with E-state index in [1.807, 2.05) is 6.07 Å². The number of nitriles is 1. The second-order valence-corrected chi connectivity index (χ2v) is 9.72. The maximum Gasteiger partial charge on any atom is 0.267 e. The van der Waals surface area contributed by atoms with Gasteiger partial charge in [0, 0.05) is 57.8 Å². The lowest BCUT2D eigenvalue weighted by molar-refractivity contribution is -0.124. The number of anilines is 1. The Balaban J connectivity index is 1.39. The van der Waals surface area contributed by atoms with Gasteiger partial charge in [0.1, 0.15) is 12.3 Å². The number of nitrogens with one attached hydrogen (secondary N) is 1. The minimum atomic E-state index is -1.01. The van der Waals surface area contributed by atoms with Crippen LogP contribution in [0.4, 0.5) is 5.69 Å². The van der Waals surface area contributed by atoms with Gasteiger partial charge in [0.25, 0.3) is 18.5 Å². The molecule has 0 radical (unpaired) electrons. The van der Waals surface area contributed by atoms with E-state index >= 15 is 0 Å². The highest BCUT2D eigenvalue weighted by atomic mass is 16.2. The number of piperazine rings is 1. The molecule has 0 bridgehead atoms. The standard InChI is InChI=1S/C25H32BN5O4/c1-28-23(33)22(3-2-14-32)31-24(34)20-5-4-19(15-21(20)25(31)35)30-12-10-29(11-13-30)16-18-6-8-26(17-27)9-7-18/h4-5,14-15,18,22H,2-3,6-13,16H2,1H3,(H,28,33). The second kappa shape index (κ2) is 11.0. The maximum atomic E-state index is 13.2. The molecule has 10 heteroatoms. The highest BCUT2D eigenvalue weighted by Gasteiger charge is 2.42. The van der Waals surface area contributed by atoms with Crippen LogP contribution in [0.3, 0.4) is 0 Å². The Labute approximate surface area is 206 Å². The zero-order valence-electron chi connectivity index (χ0n) is 20.2. The maximum absolute atomic E-state index is 13.2. The molecule has 1 atom stereocenters. The van der Waals surface area contributed by atoms with E-state index in [1.165, 1.54) is 7.05 Å². The predicted molar refractivity (Wildman–Crippen MR) is 132 cm³/mol. The number of amides is 3. The molecule has 184 valence electrons. The van der Waals surface area contributed by atoms with Crippen LogP contribution in [0.5, 0.6) is 0 Å². The average molecular weight is 477 g/mol. The van der Waals surface area contributed by atoms with Crippen LogP contribution in [0, 0.1) is 17.1 Å². The predicted octanol–water partition coefficient (Wildman–Crippen LogP) is 1.47. The van der Waals surface area contributed by atoms with E-state index in [4.69, 9.17) is 5.26 Å². The molecule has 0 aliphatic carbocycles. The van der Waals surface area contributed by atoms with Crippen molar-refractivity contribution in [2.24, 2.45) is 5.92 Å². The fraction of sp³-hybridized carbons (Fsp3) is 0.560. The van der Waals surface area contributed by atoms with Crippen molar-refractivity contribution in [3.05, 3.63) is 29.3 Å². The third-order valence-electron chi connectivity index (χ3n) is 7.60. The van der Waals surface area contributed by atoms with Crippen LogP contribution in [0.25, 0.3) is 0 Å². The van der Waals surface area contributed by atoms with Gasteiger partial charge in [-0.25, -0.2) is 5.26 Å². The van der Waals surface area contributed by atoms with Crippen LogP contribution in [-0.2, 0) is 9.59 Å². The van der Waals surface area contributed by atoms with Gasteiger partial charge < -0.3 is 15.0 Å². The molecule has 9 nitrogen and oxygen atoms in total. The van der Waals surface area contributed by atoms with E-state index in [9.17, 15) is 19.2 Å². The monoisotopic (exact) mass is 477 g/mol. The van der Waals surface area contributed by atoms with Gasteiger partial charge in [0.2, 0.25) is 5.91 Å². The topological polar surface area (TPSA) is 114 Å². The van der Waals surface area contributed by atoms with Crippen LogP contribution in [0.2, 0.25) is 12.6 Å². The summed E-state index contributed by atoms with van der Waals surface area (Å²) in [4.78, 5) is 55.1. The van der Waals surface area contributed by atoms with Crippen LogP contribution >= 0.6 is 0 Å². The molecule has 3 aliphatic rings. The van der Waals surface area contributed by atoms with Gasteiger partial charge in [-0.15, -0.1) is 0 Å². The lowest BCUT2D eigenvalue weighted by Crippen LogP contribution is -2.48. The molecule has 3 amide bonds. The largest absolute Gasteiger partial charge is 0.369 e. The van der Waals surface area contributed by atoms with Crippen molar-refractivity contribution in [2.45, 2.75) is 44.4 Å².